The van der Waals surface area contributed by atoms with Gasteiger partial charge in [-0.1, -0.05) is 0 Å². The highest BCUT2D eigenvalue weighted by atomic mass is 127. The van der Waals surface area contributed by atoms with Crippen LogP contribution >= 0.6 is 54.5 Å². The number of amides is 3. The van der Waals surface area contributed by atoms with Crippen LogP contribution in [0.5, 0.6) is 17.2 Å². The van der Waals surface area contributed by atoms with Crippen LogP contribution in [0.1, 0.15) is 38.8 Å². The summed E-state index contributed by atoms with van der Waals surface area (Å²) in [6.07, 6.45) is -2.62. The predicted octanol–water partition coefficient (Wildman–Crippen LogP) is 3.74. The average molecular weight is 827 g/mol. The molecular weight excluding hydrogens is 797 g/mol. The number of carboxylic acids is 1. The van der Waals surface area contributed by atoms with Crippen molar-refractivity contribution in [2.45, 2.75) is 70.4 Å². The molecule has 3 amide bonds. The molecule has 228 valence electrons. The van der Waals surface area contributed by atoms with Gasteiger partial charge in [-0.15, -0.1) is 0 Å². The number of alkyl carbamates (subject to hydrolysis) is 1. The number of benzene rings is 2. The van der Waals surface area contributed by atoms with Crippen LogP contribution in [-0.2, 0) is 32.0 Å². The third-order valence-electron chi connectivity index (χ3n) is 5.92. The molecule has 2 aliphatic rings. The SMILES string of the molecule is C[C@@H](O)[C@@H]1NC(=O)[C@@H](NC(=O)OC(C)(C)C)Cc2cc(I)c(O)c(c2)Oc2c(Br)cc(cc2Br)C[C@@H](C(=O)O)NC1=O. The summed E-state index contributed by atoms with van der Waals surface area (Å²) in [5.74, 6) is -2.97. The Bertz CT molecular complexity index is 1370. The minimum atomic E-state index is -1.56. The fraction of sp³-hybridized carbons (Fsp3) is 0.407. The lowest BCUT2D eigenvalue weighted by molar-refractivity contribution is -0.143. The van der Waals surface area contributed by atoms with E-state index in [1.807, 2.05) is 22.6 Å². The van der Waals surface area contributed by atoms with Crippen LogP contribution in [0.15, 0.2) is 33.2 Å². The average Bonchev–Trinajstić information content (AvgIpc) is 2.84. The van der Waals surface area contributed by atoms with Crippen molar-refractivity contribution in [2.24, 2.45) is 0 Å². The van der Waals surface area contributed by atoms with Gasteiger partial charge in [0, 0.05) is 12.8 Å². The number of phenolic OH excluding ortho intramolecular Hbond substituents is 1. The van der Waals surface area contributed by atoms with E-state index in [2.05, 4.69) is 47.8 Å². The number of nitrogens with one attached hydrogen (secondary N) is 3. The number of aliphatic hydroxyl groups excluding tert-OH is 1. The second kappa shape index (κ2) is 13.8. The molecule has 4 bridgehead atoms. The Morgan fingerprint density at radius 3 is 2.21 bits per heavy atom. The fourth-order valence-corrected chi connectivity index (χ4v) is 6.12. The molecule has 15 heteroatoms. The summed E-state index contributed by atoms with van der Waals surface area (Å²) in [5, 5.41) is 38.2. The van der Waals surface area contributed by atoms with Crippen molar-refractivity contribution < 1.29 is 44.0 Å². The van der Waals surface area contributed by atoms with Crippen molar-refractivity contribution in [3.05, 3.63) is 47.9 Å². The summed E-state index contributed by atoms with van der Waals surface area (Å²) < 4.78 is 12.6. The molecule has 0 aliphatic carbocycles. The molecule has 0 aromatic heterocycles. The van der Waals surface area contributed by atoms with Gasteiger partial charge in [0.25, 0.3) is 0 Å². The van der Waals surface area contributed by atoms with Crippen LogP contribution in [0.2, 0.25) is 0 Å². The second-order valence-electron chi connectivity index (χ2n) is 10.6. The molecule has 0 saturated heterocycles. The van der Waals surface area contributed by atoms with E-state index in [-0.39, 0.29) is 30.1 Å². The highest BCUT2D eigenvalue weighted by molar-refractivity contribution is 14.1. The highest BCUT2D eigenvalue weighted by Gasteiger charge is 2.34. The Hall–Kier alpha value is -2.63. The Kier molecular flexibility index (Phi) is 11.1. The number of carboxylic acid groups (broad SMARTS) is 1. The van der Waals surface area contributed by atoms with E-state index >= 15 is 0 Å². The van der Waals surface area contributed by atoms with E-state index in [4.69, 9.17) is 9.47 Å². The second-order valence-corrected chi connectivity index (χ2v) is 13.5. The maximum Gasteiger partial charge on any atom is 0.408 e. The van der Waals surface area contributed by atoms with Gasteiger partial charge in [0.2, 0.25) is 11.8 Å². The van der Waals surface area contributed by atoms with Gasteiger partial charge in [0.15, 0.2) is 17.2 Å². The number of rotatable bonds is 3. The molecular formula is C27H30Br2IN3O9. The van der Waals surface area contributed by atoms with Crippen molar-refractivity contribution in [1.82, 2.24) is 16.0 Å². The van der Waals surface area contributed by atoms with Gasteiger partial charge in [-0.2, -0.15) is 0 Å². The number of phenols is 1. The smallest absolute Gasteiger partial charge is 0.408 e. The first-order chi connectivity index (χ1) is 19.4. The molecule has 0 unspecified atom stereocenters. The molecule has 2 aromatic carbocycles. The van der Waals surface area contributed by atoms with Crippen molar-refractivity contribution in [1.29, 1.82) is 0 Å². The Morgan fingerprint density at radius 1 is 1.07 bits per heavy atom. The van der Waals surface area contributed by atoms with E-state index in [1.165, 1.54) is 13.0 Å². The Labute approximate surface area is 272 Å². The van der Waals surface area contributed by atoms with Crippen LogP contribution in [0.3, 0.4) is 0 Å². The van der Waals surface area contributed by atoms with Crippen molar-refractivity contribution in [2.75, 3.05) is 0 Å². The molecule has 2 heterocycles. The summed E-state index contributed by atoms with van der Waals surface area (Å²) in [5.41, 5.74) is 0.0987. The molecule has 4 atom stereocenters. The molecule has 42 heavy (non-hydrogen) atoms. The summed E-state index contributed by atoms with van der Waals surface area (Å²) >= 11 is 8.75. The fourth-order valence-electron chi connectivity index (χ4n) is 4.01. The zero-order chi connectivity index (χ0) is 31.5. The molecule has 0 spiro atoms. The van der Waals surface area contributed by atoms with Crippen molar-refractivity contribution in [3.63, 3.8) is 0 Å². The van der Waals surface area contributed by atoms with E-state index in [1.54, 1.807) is 39.0 Å². The quantitative estimate of drug-likeness (QED) is 0.251. The normalized spacial score (nSPS) is 20.4. The molecule has 0 radical (unpaired) electrons. The van der Waals surface area contributed by atoms with E-state index < -0.39 is 53.7 Å². The number of carbonyl (C=O) groups is 4. The minimum absolute atomic E-state index is 0.0499. The van der Waals surface area contributed by atoms with Crippen molar-refractivity contribution >= 4 is 78.3 Å². The number of hydrogen-bond donors (Lipinski definition) is 6. The standard InChI is InChI=1S/C27H30Br2IN3O9/c1-11(34)20-24(37)31-18(25(38)39)9-12-5-14(28)22(15(29)6-12)41-19-10-13(7-16(30)21(19)35)8-17(23(36)33-20)32-26(40)42-27(2,3)4/h5-7,10-11,17-18,20,34-35H,8-9H2,1-4H3,(H,31,37)(H,32,40)(H,33,36)(H,38,39)/t11-,17+,18+,20+/m1/s1. The van der Waals surface area contributed by atoms with Gasteiger partial charge in [-0.25, -0.2) is 9.59 Å². The third-order valence-corrected chi connectivity index (χ3v) is 7.92. The molecule has 12 nitrogen and oxygen atoms in total. The summed E-state index contributed by atoms with van der Waals surface area (Å²) in [4.78, 5) is 51.4. The number of halogens is 3. The first kappa shape index (κ1) is 33.9. The maximum absolute atomic E-state index is 13.5. The van der Waals surface area contributed by atoms with E-state index in [0.29, 0.717) is 23.6 Å². The Morgan fingerprint density at radius 2 is 1.67 bits per heavy atom. The molecule has 0 fully saturated rings. The lowest BCUT2D eigenvalue weighted by Gasteiger charge is -2.27. The molecule has 4 rings (SSSR count). The molecule has 2 aromatic rings. The number of hydrogen-bond acceptors (Lipinski definition) is 8. The lowest BCUT2D eigenvalue weighted by Crippen LogP contribution is -2.59. The van der Waals surface area contributed by atoms with Crippen LogP contribution in [0.4, 0.5) is 4.79 Å². The van der Waals surface area contributed by atoms with Crippen LogP contribution in [-0.4, -0.2) is 69.0 Å². The first-order valence-electron chi connectivity index (χ1n) is 12.6. The van der Waals surface area contributed by atoms with Crippen LogP contribution in [0.25, 0.3) is 0 Å². The zero-order valence-electron chi connectivity index (χ0n) is 23.0. The highest BCUT2D eigenvalue weighted by Crippen LogP contribution is 2.42. The van der Waals surface area contributed by atoms with Crippen LogP contribution in [0, 0.1) is 3.57 Å². The number of ether oxygens (including phenoxy) is 2. The van der Waals surface area contributed by atoms with Gasteiger partial charge in [0.05, 0.1) is 18.6 Å². The largest absolute Gasteiger partial charge is 0.504 e. The summed E-state index contributed by atoms with van der Waals surface area (Å²) in [6, 6.07) is 2.02. The number of carbonyl (C=O) groups excluding carboxylic acids is 3. The van der Waals surface area contributed by atoms with Gasteiger partial charge < -0.3 is 40.7 Å². The molecule has 6 N–H and O–H groups in total. The van der Waals surface area contributed by atoms with E-state index in [9.17, 15) is 34.5 Å². The molecule has 2 aliphatic heterocycles. The van der Waals surface area contributed by atoms with Gasteiger partial charge in [0.1, 0.15) is 23.7 Å². The zero-order valence-corrected chi connectivity index (χ0v) is 28.3. The summed E-state index contributed by atoms with van der Waals surface area (Å²) in [7, 11) is 0. The predicted molar refractivity (Wildman–Crippen MR) is 166 cm³/mol. The van der Waals surface area contributed by atoms with Gasteiger partial charge in [-0.05, 0) is 118 Å². The number of aliphatic hydroxyl groups is 1. The first-order valence-corrected chi connectivity index (χ1v) is 15.3. The number of aliphatic carboxylic acids is 1. The topological polar surface area (TPSA) is 184 Å². The van der Waals surface area contributed by atoms with Crippen molar-refractivity contribution in [3.8, 4) is 17.2 Å². The van der Waals surface area contributed by atoms with Crippen LogP contribution < -0.4 is 20.7 Å². The number of aromatic hydroxyl groups is 1. The third kappa shape index (κ3) is 8.94. The van der Waals surface area contributed by atoms with Gasteiger partial charge in [-0.3, -0.25) is 9.59 Å². The van der Waals surface area contributed by atoms with E-state index in [0.717, 1.165) is 0 Å². The monoisotopic (exact) mass is 825 g/mol. The number of fused-ring (bicyclic) bond motifs is 10. The maximum atomic E-state index is 13.5. The molecule has 0 saturated carbocycles. The Balaban J connectivity index is 2.16. The van der Waals surface area contributed by atoms with Gasteiger partial charge >= 0.3 is 12.1 Å². The summed E-state index contributed by atoms with van der Waals surface area (Å²) in [6.45, 7) is 6.21. The minimum Gasteiger partial charge on any atom is -0.504 e. The lowest BCUT2D eigenvalue weighted by atomic mass is 10.0.